The summed E-state index contributed by atoms with van der Waals surface area (Å²) in [5.41, 5.74) is 0.598. The lowest BCUT2D eigenvalue weighted by molar-refractivity contribution is 0.371. The Labute approximate surface area is 144 Å². The van der Waals surface area contributed by atoms with Gasteiger partial charge in [0.25, 0.3) is 0 Å². The van der Waals surface area contributed by atoms with Crippen LogP contribution in [-0.2, 0) is 7.05 Å². The second-order valence-corrected chi connectivity index (χ2v) is 5.42. The van der Waals surface area contributed by atoms with Crippen LogP contribution in [0, 0.1) is 5.82 Å². The third kappa shape index (κ3) is 3.68. The van der Waals surface area contributed by atoms with Crippen LogP contribution in [0.15, 0.2) is 42.5 Å². The van der Waals surface area contributed by atoms with Gasteiger partial charge in [-0.05, 0) is 41.6 Å². The maximum absolute atomic E-state index is 14.4. The van der Waals surface area contributed by atoms with Gasteiger partial charge in [0.05, 0.1) is 13.2 Å². The summed E-state index contributed by atoms with van der Waals surface area (Å²) in [5, 5.41) is 14.5. The third-order valence-corrected chi connectivity index (χ3v) is 3.64. The summed E-state index contributed by atoms with van der Waals surface area (Å²) < 4.78 is 26.8. The minimum atomic E-state index is -0.487. The minimum Gasteiger partial charge on any atom is -0.493 e. The van der Waals surface area contributed by atoms with Gasteiger partial charge in [0.2, 0.25) is 0 Å². The van der Waals surface area contributed by atoms with Gasteiger partial charge >= 0.3 is 0 Å². The number of methoxy groups -OCH3 is 1. The van der Waals surface area contributed by atoms with Crippen LogP contribution in [0.25, 0.3) is 0 Å². The summed E-state index contributed by atoms with van der Waals surface area (Å²) in [7, 11) is 3.28. The monoisotopic (exact) mass is 343 g/mol. The molecule has 7 nitrogen and oxygen atoms in total. The van der Waals surface area contributed by atoms with E-state index in [4.69, 9.17) is 9.47 Å². The molecule has 3 aromatic rings. The molecule has 0 aliphatic carbocycles. The quantitative estimate of drug-likeness (QED) is 0.740. The SMILES string of the molecule is COc1ccccc1Oc1ccc(N[C@H](C)c2nnnn2C)cc1F. The molecule has 0 aliphatic heterocycles. The van der Waals surface area contributed by atoms with Gasteiger partial charge in [0.15, 0.2) is 28.9 Å². The van der Waals surface area contributed by atoms with E-state index in [1.165, 1.54) is 13.2 Å². The van der Waals surface area contributed by atoms with E-state index in [0.717, 1.165) is 0 Å². The first-order chi connectivity index (χ1) is 12.1. The summed E-state index contributed by atoms with van der Waals surface area (Å²) in [4.78, 5) is 0. The highest BCUT2D eigenvalue weighted by atomic mass is 19.1. The van der Waals surface area contributed by atoms with Gasteiger partial charge in [-0.15, -0.1) is 5.10 Å². The number of tetrazole rings is 1. The fourth-order valence-electron chi connectivity index (χ4n) is 2.41. The molecule has 1 heterocycles. The van der Waals surface area contributed by atoms with Crippen molar-refractivity contribution >= 4 is 5.69 Å². The predicted molar refractivity (Wildman–Crippen MR) is 90.3 cm³/mol. The first kappa shape index (κ1) is 16.7. The maximum Gasteiger partial charge on any atom is 0.173 e. The Balaban J connectivity index is 1.76. The van der Waals surface area contributed by atoms with E-state index < -0.39 is 5.82 Å². The summed E-state index contributed by atoms with van der Waals surface area (Å²) in [6.07, 6.45) is 0. The Kier molecular flexibility index (Phi) is 4.78. The number of benzene rings is 2. The van der Waals surface area contributed by atoms with Gasteiger partial charge in [-0.2, -0.15) is 0 Å². The summed E-state index contributed by atoms with van der Waals surface area (Å²) in [6.45, 7) is 1.89. The third-order valence-electron chi connectivity index (χ3n) is 3.64. The first-order valence-electron chi connectivity index (χ1n) is 7.67. The number of para-hydroxylation sites is 2. The highest BCUT2D eigenvalue weighted by Crippen LogP contribution is 2.33. The van der Waals surface area contributed by atoms with Gasteiger partial charge in [-0.1, -0.05) is 12.1 Å². The van der Waals surface area contributed by atoms with Crippen molar-refractivity contribution in [2.75, 3.05) is 12.4 Å². The average molecular weight is 343 g/mol. The van der Waals surface area contributed by atoms with E-state index in [9.17, 15) is 4.39 Å². The summed E-state index contributed by atoms with van der Waals surface area (Å²) >= 11 is 0. The lowest BCUT2D eigenvalue weighted by Crippen LogP contribution is -2.12. The maximum atomic E-state index is 14.4. The van der Waals surface area contributed by atoms with E-state index in [1.807, 2.05) is 13.0 Å². The lowest BCUT2D eigenvalue weighted by atomic mass is 10.2. The molecule has 0 unspecified atom stereocenters. The molecule has 0 fully saturated rings. The average Bonchev–Trinajstić information content (AvgIpc) is 3.04. The molecule has 0 spiro atoms. The van der Waals surface area contributed by atoms with Gasteiger partial charge in [-0.25, -0.2) is 9.07 Å². The van der Waals surface area contributed by atoms with E-state index >= 15 is 0 Å². The molecule has 0 radical (unpaired) electrons. The molecule has 0 aliphatic rings. The molecule has 1 atom stereocenters. The van der Waals surface area contributed by atoms with Crippen LogP contribution in [-0.4, -0.2) is 27.3 Å². The molecule has 130 valence electrons. The van der Waals surface area contributed by atoms with Crippen LogP contribution in [0.5, 0.6) is 17.2 Å². The zero-order chi connectivity index (χ0) is 17.8. The van der Waals surface area contributed by atoms with Crippen molar-refractivity contribution in [2.24, 2.45) is 7.05 Å². The normalized spacial score (nSPS) is 11.8. The van der Waals surface area contributed by atoms with E-state index in [-0.39, 0.29) is 11.8 Å². The van der Waals surface area contributed by atoms with Crippen molar-refractivity contribution in [1.29, 1.82) is 0 Å². The largest absolute Gasteiger partial charge is 0.493 e. The number of rotatable bonds is 6. The fraction of sp³-hybridized carbons (Fsp3) is 0.235. The molecule has 3 rings (SSSR count). The first-order valence-corrected chi connectivity index (χ1v) is 7.67. The number of hydrogen-bond acceptors (Lipinski definition) is 6. The highest BCUT2D eigenvalue weighted by molar-refractivity contribution is 5.50. The van der Waals surface area contributed by atoms with Crippen LogP contribution in [0.4, 0.5) is 10.1 Å². The Hall–Kier alpha value is -3.16. The van der Waals surface area contributed by atoms with Crippen molar-refractivity contribution in [2.45, 2.75) is 13.0 Å². The molecule has 1 N–H and O–H groups in total. The topological polar surface area (TPSA) is 74.1 Å². The van der Waals surface area contributed by atoms with Gasteiger partial charge in [0.1, 0.15) is 0 Å². The van der Waals surface area contributed by atoms with Crippen LogP contribution in [0.3, 0.4) is 0 Å². The molecule has 0 saturated carbocycles. The summed E-state index contributed by atoms with van der Waals surface area (Å²) in [5.74, 6) is 1.26. The van der Waals surface area contributed by atoms with E-state index in [2.05, 4.69) is 20.8 Å². The molecule has 0 amide bonds. The highest BCUT2D eigenvalue weighted by Gasteiger charge is 2.14. The molecule has 8 heteroatoms. The Morgan fingerprint density at radius 3 is 2.52 bits per heavy atom. The zero-order valence-corrected chi connectivity index (χ0v) is 14.1. The molecule has 25 heavy (non-hydrogen) atoms. The van der Waals surface area contributed by atoms with Crippen molar-refractivity contribution < 1.29 is 13.9 Å². The zero-order valence-electron chi connectivity index (χ0n) is 14.1. The number of nitrogens with zero attached hydrogens (tertiary/aromatic N) is 4. The molecular formula is C17H18FN5O2. The predicted octanol–water partition coefficient (Wildman–Crippen LogP) is 3.32. The second kappa shape index (κ2) is 7.16. The van der Waals surface area contributed by atoms with Gasteiger partial charge in [0, 0.05) is 18.8 Å². The van der Waals surface area contributed by atoms with E-state index in [1.54, 1.807) is 42.1 Å². The van der Waals surface area contributed by atoms with Crippen LogP contribution in [0.1, 0.15) is 18.8 Å². The second-order valence-electron chi connectivity index (χ2n) is 5.42. The lowest BCUT2D eigenvalue weighted by Gasteiger charge is -2.15. The number of aromatic nitrogens is 4. The number of ether oxygens (including phenoxy) is 2. The smallest absolute Gasteiger partial charge is 0.173 e. The Bertz CT molecular complexity index is 868. The van der Waals surface area contributed by atoms with E-state index in [0.29, 0.717) is 23.0 Å². The van der Waals surface area contributed by atoms with Crippen molar-refractivity contribution in [3.63, 3.8) is 0 Å². The Morgan fingerprint density at radius 1 is 1.12 bits per heavy atom. The minimum absolute atomic E-state index is 0.114. The van der Waals surface area contributed by atoms with Gasteiger partial charge < -0.3 is 14.8 Å². The fourth-order valence-corrected chi connectivity index (χ4v) is 2.41. The number of aryl methyl sites for hydroxylation is 1. The molecule has 0 saturated heterocycles. The molecule has 0 bridgehead atoms. The molecule has 1 aromatic heterocycles. The van der Waals surface area contributed by atoms with Gasteiger partial charge in [-0.3, -0.25) is 0 Å². The number of halogens is 1. The standard InChI is InChI=1S/C17H18FN5O2/c1-11(17-20-21-22-23(17)2)19-12-8-9-14(13(18)10-12)25-16-7-5-4-6-15(16)24-3/h4-11,19H,1-3H3/t11-/m1/s1. The Morgan fingerprint density at radius 2 is 1.88 bits per heavy atom. The van der Waals surface area contributed by atoms with Crippen molar-refractivity contribution in [3.8, 4) is 17.2 Å². The number of hydrogen-bond donors (Lipinski definition) is 1. The van der Waals surface area contributed by atoms with Crippen molar-refractivity contribution in [3.05, 3.63) is 54.1 Å². The van der Waals surface area contributed by atoms with Crippen molar-refractivity contribution in [1.82, 2.24) is 20.2 Å². The number of nitrogens with one attached hydrogen (secondary N) is 1. The van der Waals surface area contributed by atoms with Crippen LogP contribution < -0.4 is 14.8 Å². The molecule has 2 aromatic carbocycles. The number of anilines is 1. The van der Waals surface area contributed by atoms with Crippen LogP contribution in [0.2, 0.25) is 0 Å². The molecular weight excluding hydrogens is 325 g/mol. The van der Waals surface area contributed by atoms with Crippen LogP contribution >= 0.6 is 0 Å². The summed E-state index contributed by atoms with van der Waals surface area (Å²) in [6, 6.07) is 11.6.